The summed E-state index contributed by atoms with van der Waals surface area (Å²) in [5.74, 6) is -0.0239. The van der Waals surface area contributed by atoms with Crippen LogP contribution in [0, 0.1) is 0 Å². The molecule has 0 radical (unpaired) electrons. The summed E-state index contributed by atoms with van der Waals surface area (Å²) in [6.45, 7) is 3.40. The predicted octanol–water partition coefficient (Wildman–Crippen LogP) is 1.47. The molecule has 5 nitrogen and oxygen atoms in total. The van der Waals surface area contributed by atoms with Gasteiger partial charge in [0.1, 0.15) is 12.7 Å². The molecule has 2 aromatic rings. The van der Waals surface area contributed by atoms with E-state index in [1.807, 2.05) is 31.2 Å². The Morgan fingerprint density at radius 3 is 2.72 bits per heavy atom. The normalized spacial score (nSPS) is 10.3. The van der Waals surface area contributed by atoms with Gasteiger partial charge in [-0.3, -0.25) is 4.79 Å². The number of benzene rings is 1. The van der Waals surface area contributed by atoms with Gasteiger partial charge in [-0.25, -0.2) is 9.67 Å². The number of hydrogen-bond donors (Lipinski definition) is 1. The Labute approximate surface area is 106 Å². The molecule has 0 fully saturated rings. The van der Waals surface area contributed by atoms with Crippen LogP contribution >= 0.6 is 0 Å². The Morgan fingerprint density at radius 1 is 1.33 bits per heavy atom. The van der Waals surface area contributed by atoms with Gasteiger partial charge in [0.05, 0.1) is 6.54 Å². The van der Waals surface area contributed by atoms with E-state index >= 15 is 0 Å². The first-order valence-electron chi connectivity index (χ1n) is 5.99. The van der Waals surface area contributed by atoms with Crippen molar-refractivity contribution in [2.24, 2.45) is 0 Å². The van der Waals surface area contributed by atoms with Gasteiger partial charge in [-0.2, -0.15) is 5.10 Å². The Morgan fingerprint density at radius 2 is 2.11 bits per heavy atom. The molecule has 0 aliphatic heterocycles. The molecule has 94 valence electrons. The highest BCUT2D eigenvalue weighted by molar-refractivity contribution is 5.94. The monoisotopic (exact) mass is 244 g/mol. The number of hydrogen-bond acceptors (Lipinski definition) is 3. The fraction of sp³-hybridized carbons (Fsp3) is 0.308. The van der Waals surface area contributed by atoms with E-state index in [0.717, 1.165) is 12.0 Å². The van der Waals surface area contributed by atoms with Crippen molar-refractivity contribution >= 4 is 5.91 Å². The van der Waals surface area contributed by atoms with Crippen molar-refractivity contribution in [3.05, 3.63) is 48.0 Å². The lowest BCUT2D eigenvalue weighted by Gasteiger charge is -2.05. The van der Waals surface area contributed by atoms with E-state index < -0.39 is 0 Å². The van der Waals surface area contributed by atoms with Crippen molar-refractivity contribution in [3.63, 3.8) is 0 Å². The number of carbonyl (C=O) groups excluding carboxylic acids is 1. The first kappa shape index (κ1) is 12.3. The third-order valence-electron chi connectivity index (χ3n) is 2.56. The predicted molar refractivity (Wildman–Crippen MR) is 68.2 cm³/mol. The quantitative estimate of drug-likeness (QED) is 0.866. The third kappa shape index (κ3) is 3.16. The number of nitrogens with zero attached hydrogens (tertiary/aromatic N) is 3. The van der Waals surface area contributed by atoms with E-state index in [1.165, 1.54) is 6.33 Å². The summed E-state index contributed by atoms with van der Waals surface area (Å²) in [4.78, 5) is 15.6. The number of carbonyl (C=O) groups is 1. The standard InChI is InChI=1S/C13H16N4O/c1-2-7-15-13(18)12-5-3-11(4-6-12)8-17-10-14-9-16-17/h3-6,9-10H,2,7-8H2,1H3,(H,15,18). The van der Waals surface area contributed by atoms with Crippen molar-refractivity contribution in [1.29, 1.82) is 0 Å². The summed E-state index contributed by atoms with van der Waals surface area (Å²) < 4.78 is 1.74. The molecule has 0 aliphatic carbocycles. The molecule has 1 amide bonds. The zero-order valence-electron chi connectivity index (χ0n) is 10.3. The molecule has 0 aliphatic rings. The van der Waals surface area contributed by atoms with Crippen molar-refractivity contribution in [2.75, 3.05) is 6.54 Å². The van der Waals surface area contributed by atoms with Crippen LogP contribution in [0.4, 0.5) is 0 Å². The molecule has 1 heterocycles. The first-order chi connectivity index (χ1) is 8.79. The van der Waals surface area contributed by atoms with Crippen LogP contribution in [0.3, 0.4) is 0 Å². The molecule has 0 bridgehead atoms. The maximum absolute atomic E-state index is 11.7. The van der Waals surface area contributed by atoms with Crippen molar-refractivity contribution in [2.45, 2.75) is 19.9 Å². The Hall–Kier alpha value is -2.17. The van der Waals surface area contributed by atoms with Gasteiger partial charge < -0.3 is 5.32 Å². The van der Waals surface area contributed by atoms with E-state index in [-0.39, 0.29) is 5.91 Å². The van der Waals surface area contributed by atoms with Gasteiger partial charge in [0.2, 0.25) is 0 Å². The van der Waals surface area contributed by atoms with Crippen LogP contribution in [0.25, 0.3) is 0 Å². The molecule has 0 unspecified atom stereocenters. The minimum absolute atomic E-state index is 0.0239. The van der Waals surface area contributed by atoms with Gasteiger partial charge in [-0.05, 0) is 24.1 Å². The van der Waals surface area contributed by atoms with Crippen LogP contribution in [0.5, 0.6) is 0 Å². The molecule has 0 atom stereocenters. The second kappa shape index (κ2) is 5.95. The summed E-state index contributed by atoms with van der Waals surface area (Å²) in [5, 5.41) is 6.88. The summed E-state index contributed by atoms with van der Waals surface area (Å²) in [6, 6.07) is 7.53. The lowest BCUT2D eigenvalue weighted by atomic mass is 10.1. The van der Waals surface area contributed by atoms with Gasteiger partial charge in [-0.15, -0.1) is 0 Å². The third-order valence-corrected chi connectivity index (χ3v) is 2.56. The number of nitrogens with one attached hydrogen (secondary N) is 1. The van der Waals surface area contributed by atoms with Crippen molar-refractivity contribution in [1.82, 2.24) is 20.1 Å². The molecule has 2 rings (SSSR count). The maximum atomic E-state index is 11.7. The van der Waals surface area contributed by atoms with Crippen molar-refractivity contribution in [3.8, 4) is 0 Å². The van der Waals surface area contributed by atoms with Crippen LogP contribution in [0.1, 0.15) is 29.3 Å². The Bertz CT molecular complexity index is 490. The van der Waals surface area contributed by atoms with Gasteiger partial charge in [0.25, 0.3) is 5.91 Å². The van der Waals surface area contributed by atoms with Gasteiger partial charge >= 0.3 is 0 Å². The molecule has 5 heteroatoms. The minimum Gasteiger partial charge on any atom is -0.352 e. The number of amides is 1. The average Bonchev–Trinajstić information content (AvgIpc) is 2.89. The first-order valence-corrected chi connectivity index (χ1v) is 5.99. The smallest absolute Gasteiger partial charge is 0.251 e. The minimum atomic E-state index is -0.0239. The van der Waals surface area contributed by atoms with Crippen LogP contribution in [-0.4, -0.2) is 27.2 Å². The lowest BCUT2D eigenvalue weighted by molar-refractivity contribution is 0.0953. The van der Waals surface area contributed by atoms with Gasteiger partial charge in [0.15, 0.2) is 0 Å². The lowest BCUT2D eigenvalue weighted by Crippen LogP contribution is -2.23. The summed E-state index contributed by atoms with van der Waals surface area (Å²) in [6.07, 6.45) is 4.12. The molecular formula is C13H16N4O. The Kier molecular flexibility index (Phi) is 4.06. The molecule has 18 heavy (non-hydrogen) atoms. The fourth-order valence-electron chi connectivity index (χ4n) is 1.60. The molecule has 0 saturated heterocycles. The highest BCUT2D eigenvalue weighted by Gasteiger charge is 2.04. The second-order valence-electron chi connectivity index (χ2n) is 4.05. The molecule has 0 saturated carbocycles. The molecule has 1 aromatic heterocycles. The van der Waals surface area contributed by atoms with E-state index in [1.54, 1.807) is 11.0 Å². The maximum Gasteiger partial charge on any atom is 0.251 e. The summed E-state index contributed by atoms with van der Waals surface area (Å²) in [7, 11) is 0. The highest BCUT2D eigenvalue weighted by Crippen LogP contribution is 2.05. The van der Waals surface area contributed by atoms with Gasteiger partial charge in [0, 0.05) is 12.1 Å². The van der Waals surface area contributed by atoms with Crippen LogP contribution in [-0.2, 0) is 6.54 Å². The molecule has 1 aromatic carbocycles. The van der Waals surface area contributed by atoms with E-state index in [4.69, 9.17) is 0 Å². The summed E-state index contributed by atoms with van der Waals surface area (Å²) in [5.41, 5.74) is 1.78. The number of rotatable bonds is 5. The topological polar surface area (TPSA) is 59.8 Å². The van der Waals surface area contributed by atoms with Crippen molar-refractivity contribution < 1.29 is 4.79 Å². The summed E-state index contributed by atoms with van der Waals surface area (Å²) >= 11 is 0. The zero-order valence-corrected chi connectivity index (χ0v) is 10.3. The molecule has 1 N–H and O–H groups in total. The molecule has 0 spiro atoms. The molecular weight excluding hydrogens is 228 g/mol. The zero-order chi connectivity index (χ0) is 12.8. The van der Waals surface area contributed by atoms with Gasteiger partial charge in [-0.1, -0.05) is 19.1 Å². The van der Waals surface area contributed by atoms with Crippen LogP contribution in [0.15, 0.2) is 36.9 Å². The fourth-order valence-corrected chi connectivity index (χ4v) is 1.60. The van der Waals surface area contributed by atoms with Crippen LogP contribution in [0.2, 0.25) is 0 Å². The largest absolute Gasteiger partial charge is 0.352 e. The number of aromatic nitrogens is 3. The average molecular weight is 244 g/mol. The van der Waals surface area contributed by atoms with E-state index in [2.05, 4.69) is 15.4 Å². The second-order valence-corrected chi connectivity index (χ2v) is 4.05. The Balaban J connectivity index is 1.99. The van der Waals surface area contributed by atoms with Crippen LogP contribution < -0.4 is 5.32 Å². The van der Waals surface area contributed by atoms with E-state index in [9.17, 15) is 4.79 Å². The van der Waals surface area contributed by atoms with E-state index in [0.29, 0.717) is 18.7 Å². The SMILES string of the molecule is CCCNC(=O)c1ccc(Cn2cncn2)cc1. The highest BCUT2D eigenvalue weighted by atomic mass is 16.1.